The van der Waals surface area contributed by atoms with Crippen molar-refractivity contribution in [3.05, 3.63) is 11.6 Å². The number of fused-ring (bicyclic) bond motifs is 5. The number of carbonyl (C=O) groups excluding carboxylic acids is 1. The molecule has 0 aromatic heterocycles. The van der Waals surface area contributed by atoms with E-state index >= 15 is 0 Å². The molecule has 0 amide bonds. The van der Waals surface area contributed by atoms with Crippen molar-refractivity contribution in [2.24, 2.45) is 40.4 Å². The van der Waals surface area contributed by atoms with Crippen LogP contribution in [-0.4, -0.2) is 23.1 Å². The van der Waals surface area contributed by atoms with Crippen molar-refractivity contribution < 1.29 is 19.4 Å². The zero-order valence-electron chi connectivity index (χ0n) is 19.3. The van der Waals surface area contributed by atoms with Gasteiger partial charge in [-0.2, -0.15) is 0 Å². The van der Waals surface area contributed by atoms with Crippen molar-refractivity contribution in [3.8, 4) is 0 Å². The monoisotopic (exact) mass is 416 g/mol. The number of aliphatic carboxylic acids is 1. The maximum absolute atomic E-state index is 11.4. The summed E-state index contributed by atoms with van der Waals surface area (Å²) in [6, 6.07) is 0. The van der Waals surface area contributed by atoms with Crippen LogP contribution in [0.4, 0.5) is 0 Å². The van der Waals surface area contributed by atoms with Gasteiger partial charge in [-0.15, -0.1) is 0 Å². The van der Waals surface area contributed by atoms with Gasteiger partial charge in [0.1, 0.15) is 6.10 Å². The Morgan fingerprint density at radius 3 is 2.63 bits per heavy atom. The van der Waals surface area contributed by atoms with Gasteiger partial charge in [0.2, 0.25) is 0 Å². The summed E-state index contributed by atoms with van der Waals surface area (Å²) in [5.41, 5.74) is 2.19. The number of hydrogen-bond acceptors (Lipinski definition) is 3. The van der Waals surface area contributed by atoms with Crippen LogP contribution in [0.5, 0.6) is 0 Å². The third kappa shape index (κ3) is 3.62. The van der Waals surface area contributed by atoms with Crippen LogP contribution < -0.4 is 0 Å². The van der Waals surface area contributed by atoms with Gasteiger partial charge in [-0.3, -0.25) is 9.59 Å². The molecule has 8 atom stereocenters. The van der Waals surface area contributed by atoms with Gasteiger partial charge >= 0.3 is 11.9 Å². The molecule has 3 fully saturated rings. The third-order valence-corrected chi connectivity index (χ3v) is 9.97. The first kappa shape index (κ1) is 21.9. The zero-order chi connectivity index (χ0) is 21.7. The molecular formula is C26H40O4. The molecule has 0 spiro atoms. The summed E-state index contributed by atoms with van der Waals surface area (Å²) in [6.45, 7) is 8.84. The molecule has 30 heavy (non-hydrogen) atoms. The van der Waals surface area contributed by atoms with Crippen LogP contribution in [0.3, 0.4) is 0 Å². The van der Waals surface area contributed by atoms with Gasteiger partial charge in [0.25, 0.3) is 0 Å². The maximum atomic E-state index is 11.4. The molecule has 4 aliphatic carbocycles. The van der Waals surface area contributed by atoms with Crippen LogP contribution in [0.1, 0.15) is 91.9 Å². The number of carbonyl (C=O) groups is 2. The molecular weight excluding hydrogens is 376 g/mol. The molecule has 1 N–H and O–H groups in total. The highest BCUT2D eigenvalue weighted by Crippen LogP contribution is 2.67. The second-order valence-electron chi connectivity index (χ2n) is 11.4. The number of rotatable bonds is 5. The van der Waals surface area contributed by atoms with E-state index in [1.165, 1.54) is 39.0 Å². The number of hydrogen-bond donors (Lipinski definition) is 1. The Morgan fingerprint density at radius 2 is 1.93 bits per heavy atom. The van der Waals surface area contributed by atoms with Crippen molar-refractivity contribution in [3.63, 3.8) is 0 Å². The lowest BCUT2D eigenvalue weighted by Crippen LogP contribution is -2.51. The SMILES string of the molecule is CC(=O)OC1CCC2(C)C(=CCC3C2CC[C@@]2(C)C3CC[C@@H]2C(C)CCC(=O)O)C1. The molecule has 0 bridgehead atoms. The van der Waals surface area contributed by atoms with E-state index in [4.69, 9.17) is 9.84 Å². The van der Waals surface area contributed by atoms with Gasteiger partial charge in [0.05, 0.1) is 0 Å². The fourth-order valence-corrected chi connectivity index (χ4v) is 8.49. The molecule has 0 radical (unpaired) electrons. The lowest BCUT2D eigenvalue weighted by molar-refractivity contribution is -0.148. The molecule has 0 aromatic carbocycles. The summed E-state index contributed by atoms with van der Waals surface area (Å²) in [4.78, 5) is 22.5. The van der Waals surface area contributed by atoms with Crippen LogP contribution in [0.25, 0.3) is 0 Å². The van der Waals surface area contributed by atoms with Crippen molar-refractivity contribution in [1.29, 1.82) is 0 Å². The highest BCUT2D eigenvalue weighted by Gasteiger charge is 2.59. The predicted molar refractivity (Wildman–Crippen MR) is 117 cm³/mol. The molecule has 3 saturated carbocycles. The molecule has 4 nitrogen and oxygen atoms in total. The summed E-state index contributed by atoms with van der Waals surface area (Å²) < 4.78 is 5.57. The lowest BCUT2D eigenvalue weighted by Gasteiger charge is -2.58. The topological polar surface area (TPSA) is 63.6 Å². The number of carboxylic acid groups (broad SMARTS) is 1. The Balaban J connectivity index is 1.51. The van der Waals surface area contributed by atoms with Gasteiger partial charge in [0, 0.05) is 19.8 Å². The van der Waals surface area contributed by atoms with E-state index in [9.17, 15) is 9.59 Å². The highest BCUT2D eigenvalue weighted by atomic mass is 16.5. The van der Waals surface area contributed by atoms with E-state index in [0.717, 1.165) is 43.4 Å². The zero-order valence-corrected chi connectivity index (χ0v) is 19.3. The van der Waals surface area contributed by atoms with E-state index in [-0.39, 0.29) is 17.5 Å². The Kier molecular flexibility index (Phi) is 5.83. The molecule has 4 heteroatoms. The van der Waals surface area contributed by atoms with Gasteiger partial charge in [-0.25, -0.2) is 0 Å². The Bertz CT molecular complexity index is 727. The fraction of sp³-hybridized carbons (Fsp3) is 0.846. The molecule has 0 aromatic rings. The van der Waals surface area contributed by atoms with Crippen LogP contribution in [0.15, 0.2) is 11.6 Å². The quantitative estimate of drug-likeness (QED) is 0.441. The molecule has 168 valence electrons. The minimum Gasteiger partial charge on any atom is -0.481 e. The minimum absolute atomic E-state index is 0.0678. The smallest absolute Gasteiger partial charge is 0.303 e. The average Bonchev–Trinajstić information content (AvgIpc) is 3.03. The second kappa shape index (κ2) is 7.98. The van der Waals surface area contributed by atoms with E-state index in [0.29, 0.717) is 23.7 Å². The molecule has 0 aliphatic heterocycles. The predicted octanol–water partition coefficient (Wildman–Crippen LogP) is 6.00. The number of ether oxygens (including phenoxy) is 1. The Hall–Kier alpha value is -1.32. The summed E-state index contributed by atoms with van der Waals surface area (Å²) in [5, 5.41) is 9.13. The Morgan fingerprint density at radius 1 is 1.17 bits per heavy atom. The average molecular weight is 417 g/mol. The number of allylic oxidation sites excluding steroid dienone is 1. The van der Waals surface area contributed by atoms with Crippen LogP contribution in [0, 0.1) is 40.4 Å². The first-order valence-corrected chi connectivity index (χ1v) is 12.2. The van der Waals surface area contributed by atoms with E-state index in [2.05, 4.69) is 26.8 Å². The second-order valence-corrected chi connectivity index (χ2v) is 11.4. The molecule has 4 rings (SSSR count). The molecule has 6 unspecified atom stereocenters. The van der Waals surface area contributed by atoms with Crippen molar-refractivity contribution in [2.75, 3.05) is 0 Å². The summed E-state index contributed by atoms with van der Waals surface area (Å²) in [6.07, 6.45) is 13.1. The largest absolute Gasteiger partial charge is 0.481 e. The van der Waals surface area contributed by atoms with Gasteiger partial charge in [0.15, 0.2) is 0 Å². The maximum Gasteiger partial charge on any atom is 0.303 e. The summed E-state index contributed by atoms with van der Waals surface area (Å²) in [5.74, 6) is 2.64. The van der Waals surface area contributed by atoms with Crippen molar-refractivity contribution in [1.82, 2.24) is 0 Å². The number of carboxylic acids is 1. The van der Waals surface area contributed by atoms with Crippen LogP contribution in [0.2, 0.25) is 0 Å². The summed E-state index contributed by atoms with van der Waals surface area (Å²) >= 11 is 0. The minimum atomic E-state index is -0.660. The van der Waals surface area contributed by atoms with Gasteiger partial charge < -0.3 is 9.84 Å². The standard InChI is InChI=1S/C26H40O4/c1-16(5-10-24(28)29)21-8-9-22-20-7-6-18-15-19(30-17(2)27)11-13-25(18,3)23(20)12-14-26(21,22)4/h6,16,19-23H,5,7-15H2,1-4H3,(H,28,29)/t16?,19?,20?,21-,22?,23?,25?,26-/m1/s1. The third-order valence-electron chi connectivity index (χ3n) is 9.97. The van der Waals surface area contributed by atoms with Crippen molar-refractivity contribution in [2.45, 2.75) is 98.0 Å². The van der Waals surface area contributed by atoms with Crippen LogP contribution in [-0.2, 0) is 14.3 Å². The molecule has 4 aliphatic rings. The number of esters is 1. The summed E-state index contributed by atoms with van der Waals surface area (Å²) in [7, 11) is 0. The highest BCUT2D eigenvalue weighted by molar-refractivity contribution is 5.66. The Labute approximate surface area is 181 Å². The van der Waals surface area contributed by atoms with Gasteiger partial charge in [-0.05, 0) is 91.8 Å². The fourth-order valence-electron chi connectivity index (χ4n) is 8.49. The van der Waals surface area contributed by atoms with E-state index in [1.807, 2.05) is 0 Å². The van der Waals surface area contributed by atoms with Crippen LogP contribution >= 0.6 is 0 Å². The first-order chi connectivity index (χ1) is 14.1. The van der Waals surface area contributed by atoms with E-state index < -0.39 is 5.97 Å². The first-order valence-electron chi connectivity index (χ1n) is 12.2. The van der Waals surface area contributed by atoms with Crippen molar-refractivity contribution >= 4 is 11.9 Å². The molecule has 0 heterocycles. The normalized spacial score (nSPS) is 43.6. The van der Waals surface area contributed by atoms with E-state index in [1.54, 1.807) is 5.57 Å². The lowest BCUT2D eigenvalue weighted by atomic mass is 9.47. The molecule has 0 saturated heterocycles. The van der Waals surface area contributed by atoms with Gasteiger partial charge in [-0.1, -0.05) is 32.4 Å².